The van der Waals surface area contributed by atoms with Crippen LogP contribution in [-0.2, 0) is 23.8 Å². The minimum Gasteiger partial charge on any atom is -0.499 e. The largest absolute Gasteiger partial charge is 0.499 e. The number of ketones is 1. The molecule has 0 aromatic rings. The number of halogens is 2. The number of aliphatic hydroxyl groups excluding tert-OH is 2. The van der Waals surface area contributed by atoms with Crippen LogP contribution in [0.3, 0.4) is 0 Å². The monoisotopic (exact) mass is 512 g/mol. The molecule has 0 bridgehead atoms. The number of esters is 1. The molecule has 0 radical (unpaired) electrons. The van der Waals surface area contributed by atoms with Crippen LogP contribution in [0.15, 0.2) is 23.8 Å². The lowest BCUT2D eigenvalue weighted by Crippen LogP contribution is -2.71. The van der Waals surface area contributed by atoms with E-state index in [0.717, 1.165) is 6.08 Å². The summed E-state index contributed by atoms with van der Waals surface area (Å²) >= 11 is 5.23. The van der Waals surface area contributed by atoms with E-state index in [4.69, 9.17) is 26.4 Å². The van der Waals surface area contributed by atoms with Gasteiger partial charge >= 0.3 is 5.97 Å². The third kappa shape index (κ3) is 3.00. The molecule has 5 rings (SSSR count). The fraction of sp³-hybridized carbons (Fsp3) is 0.720. The van der Waals surface area contributed by atoms with Gasteiger partial charge in [0.15, 0.2) is 17.1 Å². The molecule has 5 aliphatic rings. The number of fused-ring (bicyclic) bond motifs is 5. The van der Waals surface area contributed by atoms with Crippen LogP contribution in [0.2, 0.25) is 0 Å². The van der Waals surface area contributed by atoms with Crippen LogP contribution in [0.25, 0.3) is 0 Å². The number of carbonyl (C=O) groups excluding carboxylic acids is 2. The number of hydrogen-bond donors (Lipinski definition) is 2. The highest BCUT2D eigenvalue weighted by Gasteiger charge is 2.77. The van der Waals surface area contributed by atoms with Crippen LogP contribution in [0.5, 0.6) is 0 Å². The molecule has 0 aromatic heterocycles. The molecule has 1 unspecified atom stereocenters. The average molecular weight is 513 g/mol. The van der Waals surface area contributed by atoms with Gasteiger partial charge in [0.25, 0.3) is 6.29 Å². The fourth-order valence-corrected chi connectivity index (χ4v) is 8.42. The summed E-state index contributed by atoms with van der Waals surface area (Å²) in [5.74, 6) is -3.41. The molecular formula is C25H30F2O7S. The van der Waals surface area contributed by atoms with E-state index in [9.17, 15) is 19.8 Å². The summed E-state index contributed by atoms with van der Waals surface area (Å²) in [6, 6.07) is 0. The van der Waals surface area contributed by atoms with Crippen molar-refractivity contribution in [3.8, 4) is 0 Å². The Balaban J connectivity index is 1.60. The molecular weight excluding hydrogens is 482 g/mol. The van der Waals surface area contributed by atoms with Crippen molar-refractivity contribution in [3.05, 3.63) is 23.8 Å². The van der Waals surface area contributed by atoms with E-state index in [-0.39, 0.29) is 38.0 Å². The second-order valence-corrected chi connectivity index (χ2v) is 11.4. The maximum absolute atomic E-state index is 17.3. The smallest absolute Gasteiger partial charge is 0.364 e. The first-order valence-electron chi connectivity index (χ1n) is 12.0. The van der Waals surface area contributed by atoms with Gasteiger partial charge in [-0.15, -0.1) is 0 Å². The van der Waals surface area contributed by atoms with Gasteiger partial charge in [-0.3, -0.25) is 4.79 Å². The van der Waals surface area contributed by atoms with Gasteiger partial charge in [-0.2, -0.15) is 0 Å². The minimum absolute atomic E-state index is 0.0309. The van der Waals surface area contributed by atoms with Crippen molar-refractivity contribution in [2.75, 3.05) is 13.2 Å². The first kappa shape index (κ1) is 24.9. The lowest BCUT2D eigenvalue weighted by molar-refractivity contribution is -0.229. The van der Waals surface area contributed by atoms with Crippen LogP contribution in [0.1, 0.15) is 40.0 Å². The SMILES string of the molecule is C[C@@H]1C[C@H]2[C@@H]3C[C@H](F)C4=CC(=O)C=C[C@]4(C)C3(F)[C@@H](O)C[C@]2(C)[C@@]1(OC(=O)C1OCCO1)C(O)=S. The number of allylic oxidation sites excluding steroid dienone is 4. The Hall–Kier alpha value is -1.75. The highest BCUT2D eigenvalue weighted by molar-refractivity contribution is 7.80. The van der Waals surface area contributed by atoms with E-state index >= 15 is 8.78 Å². The van der Waals surface area contributed by atoms with Gasteiger partial charge in [0.1, 0.15) is 6.17 Å². The van der Waals surface area contributed by atoms with Gasteiger partial charge in [0.05, 0.1) is 19.3 Å². The van der Waals surface area contributed by atoms with E-state index in [1.54, 1.807) is 13.8 Å². The van der Waals surface area contributed by atoms with E-state index < -0.39 is 75.2 Å². The van der Waals surface area contributed by atoms with Crippen LogP contribution in [0.4, 0.5) is 8.78 Å². The number of ether oxygens (including phenoxy) is 3. The Morgan fingerprint density at radius 3 is 2.51 bits per heavy atom. The van der Waals surface area contributed by atoms with Crippen LogP contribution >= 0.6 is 12.2 Å². The molecule has 1 heterocycles. The normalized spacial score (nSPS) is 49.1. The highest BCUT2D eigenvalue weighted by atomic mass is 32.1. The second kappa shape index (κ2) is 7.87. The standard InChI is InChI=1S/C25H30F2O7S/c1-12-8-14-15-10-17(26)16-9-13(28)4-5-22(16,2)24(15,27)18(29)11-23(14,3)25(12,21(31)35)34-19(30)20-32-6-7-33-20/h4-5,9,12,14-15,17-18,20,29H,6-8,10-11H2,1-3H3,(H,31,35)/t12-,14+,15+,17+,18+,22+,23+,24?,25+/m1/s1. The number of alkyl halides is 2. The molecule has 35 heavy (non-hydrogen) atoms. The van der Waals surface area contributed by atoms with Crippen LogP contribution in [-0.4, -0.2) is 70.1 Å². The molecule has 1 aliphatic heterocycles. The zero-order valence-corrected chi connectivity index (χ0v) is 20.6. The molecule has 192 valence electrons. The second-order valence-electron chi connectivity index (χ2n) is 11.0. The topological polar surface area (TPSA) is 102 Å². The van der Waals surface area contributed by atoms with E-state index in [1.807, 2.05) is 0 Å². The summed E-state index contributed by atoms with van der Waals surface area (Å²) in [4.78, 5) is 24.9. The van der Waals surface area contributed by atoms with Gasteiger partial charge in [0, 0.05) is 22.7 Å². The number of carbonyl (C=O) groups is 2. The van der Waals surface area contributed by atoms with Crippen molar-refractivity contribution in [2.24, 2.45) is 28.6 Å². The Labute approximate surface area is 207 Å². The van der Waals surface area contributed by atoms with Crippen LogP contribution < -0.4 is 0 Å². The van der Waals surface area contributed by atoms with Crippen molar-refractivity contribution in [1.29, 1.82) is 0 Å². The molecule has 0 amide bonds. The zero-order chi connectivity index (χ0) is 25.6. The summed E-state index contributed by atoms with van der Waals surface area (Å²) < 4.78 is 49.2. The molecule has 4 fully saturated rings. The molecule has 10 heteroatoms. The van der Waals surface area contributed by atoms with Crippen molar-refractivity contribution < 1.29 is 42.8 Å². The number of hydrogen-bond acceptors (Lipinski definition) is 7. The number of aliphatic hydroxyl groups is 2. The van der Waals surface area contributed by atoms with Gasteiger partial charge in [0.2, 0.25) is 5.05 Å². The third-order valence-electron chi connectivity index (χ3n) is 9.56. The maximum Gasteiger partial charge on any atom is 0.364 e. The Morgan fingerprint density at radius 2 is 1.89 bits per heavy atom. The molecule has 2 N–H and O–H groups in total. The zero-order valence-electron chi connectivity index (χ0n) is 19.8. The van der Waals surface area contributed by atoms with Gasteiger partial charge in [-0.25, -0.2) is 13.6 Å². The molecule has 0 spiro atoms. The summed E-state index contributed by atoms with van der Waals surface area (Å²) in [7, 11) is 0. The first-order chi connectivity index (χ1) is 16.3. The lowest BCUT2D eigenvalue weighted by atomic mass is 9.44. The summed E-state index contributed by atoms with van der Waals surface area (Å²) in [6.07, 6.45) is -0.916. The molecule has 1 saturated heterocycles. The van der Waals surface area contributed by atoms with Crippen molar-refractivity contribution >= 4 is 29.0 Å². The fourth-order valence-electron chi connectivity index (χ4n) is 7.94. The number of rotatable bonds is 3. The molecule has 3 saturated carbocycles. The Morgan fingerprint density at radius 1 is 1.23 bits per heavy atom. The van der Waals surface area contributed by atoms with Gasteiger partial charge < -0.3 is 24.4 Å². The summed E-state index contributed by atoms with van der Waals surface area (Å²) in [5, 5.41) is 21.6. The minimum atomic E-state index is -2.28. The average Bonchev–Trinajstić information content (AvgIpc) is 3.39. The Kier molecular flexibility index (Phi) is 5.61. The van der Waals surface area contributed by atoms with Crippen molar-refractivity contribution in [3.63, 3.8) is 0 Å². The maximum atomic E-state index is 17.3. The predicted octanol–water partition coefficient (Wildman–Crippen LogP) is 3.09. The summed E-state index contributed by atoms with van der Waals surface area (Å²) in [6.45, 7) is 5.38. The highest BCUT2D eigenvalue weighted by Crippen LogP contribution is 2.71. The van der Waals surface area contributed by atoms with Gasteiger partial charge in [-0.1, -0.05) is 19.9 Å². The van der Waals surface area contributed by atoms with E-state index in [0.29, 0.717) is 0 Å². The molecule has 4 aliphatic carbocycles. The van der Waals surface area contributed by atoms with Gasteiger partial charge in [-0.05, 0) is 62.0 Å². The van der Waals surface area contributed by atoms with Crippen LogP contribution in [0, 0.1) is 28.6 Å². The lowest BCUT2D eigenvalue weighted by Gasteiger charge is -2.63. The van der Waals surface area contributed by atoms with Crippen molar-refractivity contribution in [1.82, 2.24) is 0 Å². The summed E-state index contributed by atoms with van der Waals surface area (Å²) in [5.41, 5.74) is -6.71. The molecule has 9 atom stereocenters. The first-order valence-corrected chi connectivity index (χ1v) is 12.4. The van der Waals surface area contributed by atoms with E-state index in [1.165, 1.54) is 19.1 Å². The quantitative estimate of drug-likeness (QED) is 0.440. The number of thiocarbonyl (C=S) groups is 1. The third-order valence-corrected chi connectivity index (χ3v) is 9.87. The molecule has 0 aromatic carbocycles. The van der Waals surface area contributed by atoms with Crippen molar-refractivity contribution in [2.45, 2.75) is 69.9 Å². The van der Waals surface area contributed by atoms with E-state index in [2.05, 4.69) is 0 Å². The Bertz CT molecular complexity index is 1040. The predicted molar refractivity (Wildman–Crippen MR) is 123 cm³/mol. The molecule has 7 nitrogen and oxygen atoms in total.